The summed E-state index contributed by atoms with van der Waals surface area (Å²) >= 11 is 7.27. The molecule has 18 heavy (non-hydrogen) atoms. The first kappa shape index (κ1) is 13.2. The van der Waals surface area contributed by atoms with Gasteiger partial charge in [0.2, 0.25) is 11.2 Å². The first-order valence-corrected chi connectivity index (χ1v) is 6.76. The Morgan fingerprint density at radius 1 is 1.39 bits per heavy atom. The van der Waals surface area contributed by atoms with E-state index >= 15 is 0 Å². The van der Waals surface area contributed by atoms with Crippen LogP contribution in [0, 0.1) is 6.92 Å². The van der Waals surface area contributed by atoms with E-state index in [-0.39, 0.29) is 5.28 Å². The maximum atomic E-state index is 5.87. The molecule has 96 valence electrons. The van der Waals surface area contributed by atoms with Gasteiger partial charge in [-0.05, 0) is 42.8 Å². The zero-order valence-corrected chi connectivity index (χ0v) is 11.7. The van der Waals surface area contributed by atoms with Gasteiger partial charge in [-0.3, -0.25) is 0 Å². The SMILES string of the molecule is CCCNc1nc(Cl)nc(Sc2ccoc2C)n1. The summed E-state index contributed by atoms with van der Waals surface area (Å²) in [6.45, 7) is 4.76. The highest BCUT2D eigenvalue weighted by molar-refractivity contribution is 7.99. The van der Waals surface area contributed by atoms with Crippen molar-refractivity contribution in [3.8, 4) is 0 Å². The van der Waals surface area contributed by atoms with Gasteiger partial charge in [0.15, 0.2) is 5.16 Å². The van der Waals surface area contributed by atoms with Gasteiger partial charge in [-0.15, -0.1) is 0 Å². The second kappa shape index (κ2) is 6.06. The van der Waals surface area contributed by atoms with Gasteiger partial charge < -0.3 is 9.73 Å². The Balaban J connectivity index is 2.17. The van der Waals surface area contributed by atoms with Crippen molar-refractivity contribution in [1.82, 2.24) is 15.0 Å². The first-order chi connectivity index (χ1) is 8.69. The quantitative estimate of drug-likeness (QED) is 0.908. The molecule has 2 aromatic rings. The van der Waals surface area contributed by atoms with Gasteiger partial charge in [0.25, 0.3) is 0 Å². The highest BCUT2D eigenvalue weighted by atomic mass is 35.5. The van der Waals surface area contributed by atoms with Crippen LogP contribution in [0.5, 0.6) is 0 Å². The fraction of sp³-hybridized carbons (Fsp3) is 0.364. The largest absolute Gasteiger partial charge is 0.468 e. The van der Waals surface area contributed by atoms with Crippen LogP contribution in [0.1, 0.15) is 19.1 Å². The van der Waals surface area contributed by atoms with Crippen LogP contribution in [0.3, 0.4) is 0 Å². The summed E-state index contributed by atoms with van der Waals surface area (Å²) in [6, 6.07) is 1.87. The minimum absolute atomic E-state index is 0.187. The summed E-state index contributed by atoms with van der Waals surface area (Å²) in [7, 11) is 0. The van der Waals surface area contributed by atoms with E-state index in [0.29, 0.717) is 11.1 Å². The molecule has 0 aliphatic carbocycles. The highest BCUT2D eigenvalue weighted by Crippen LogP contribution is 2.29. The van der Waals surface area contributed by atoms with E-state index in [4.69, 9.17) is 16.0 Å². The van der Waals surface area contributed by atoms with Crippen molar-refractivity contribution < 1.29 is 4.42 Å². The monoisotopic (exact) mass is 284 g/mol. The Labute approximate surface area is 114 Å². The number of nitrogens with one attached hydrogen (secondary N) is 1. The Morgan fingerprint density at radius 2 is 2.22 bits per heavy atom. The van der Waals surface area contributed by atoms with E-state index in [1.165, 1.54) is 11.8 Å². The van der Waals surface area contributed by atoms with Gasteiger partial charge >= 0.3 is 0 Å². The molecule has 0 aliphatic heterocycles. The summed E-state index contributed by atoms with van der Waals surface area (Å²) in [5, 5.41) is 3.83. The van der Waals surface area contributed by atoms with Crippen molar-refractivity contribution in [1.29, 1.82) is 0 Å². The number of nitrogens with zero attached hydrogens (tertiary/aromatic N) is 3. The van der Waals surface area contributed by atoms with E-state index < -0.39 is 0 Å². The molecule has 2 heterocycles. The number of hydrogen-bond donors (Lipinski definition) is 1. The van der Waals surface area contributed by atoms with Crippen LogP contribution in [0.25, 0.3) is 0 Å². The lowest BCUT2D eigenvalue weighted by molar-refractivity contribution is 0.527. The molecule has 0 atom stereocenters. The molecule has 0 amide bonds. The van der Waals surface area contributed by atoms with Crippen molar-refractivity contribution in [3.05, 3.63) is 23.4 Å². The molecule has 0 aliphatic rings. The van der Waals surface area contributed by atoms with Crippen LogP contribution < -0.4 is 5.32 Å². The maximum Gasteiger partial charge on any atom is 0.228 e. The molecule has 5 nitrogen and oxygen atoms in total. The number of halogens is 1. The van der Waals surface area contributed by atoms with Gasteiger partial charge in [-0.1, -0.05) is 6.92 Å². The van der Waals surface area contributed by atoms with E-state index in [9.17, 15) is 0 Å². The molecule has 0 aromatic carbocycles. The standard InChI is InChI=1S/C11H13ClN4OS/c1-3-5-13-10-14-9(12)15-11(16-10)18-8-4-6-17-7(8)2/h4,6H,3,5H2,1-2H3,(H,13,14,15,16). The zero-order valence-electron chi connectivity index (χ0n) is 10.1. The van der Waals surface area contributed by atoms with Crippen molar-refractivity contribution in [2.45, 2.75) is 30.3 Å². The molecule has 0 saturated heterocycles. The molecule has 2 rings (SSSR count). The lowest BCUT2D eigenvalue weighted by Gasteiger charge is -2.04. The van der Waals surface area contributed by atoms with Gasteiger partial charge in [0, 0.05) is 6.54 Å². The minimum Gasteiger partial charge on any atom is -0.468 e. The van der Waals surface area contributed by atoms with Gasteiger partial charge in [-0.2, -0.15) is 15.0 Å². The second-order valence-corrected chi connectivity index (χ2v) is 4.93. The van der Waals surface area contributed by atoms with Crippen LogP contribution in [-0.2, 0) is 0 Å². The minimum atomic E-state index is 0.187. The highest BCUT2D eigenvalue weighted by Gasteiger charge is 2.09. The Morgan fingerprint density at radius 3 is 2.89 bits per heavy atom. The van der Waals surface area contributed by atoms with Crippen LogP contribution in [0.15, 0.2) is 26.8 Å². The van der Waals surface area contributed by atoms with Crippen molar-refractivity contribution in [2.75, 3.05) is 11.9 Å². The number of aromatic nitrogens is 3. The smallest absolute Gasteiger partial charge is 0.228 e. The average Bonchev–Trinajstić information content (AvgIpc) is 2.72. The summed E-state index contributed by atoms with van der Waals surface area (Å²) in [4.78, 5) is 13.4. The van der Waals surface area contributed by atoms with Crippen molar-refractivity contribution >= 4 is 29.3 Å². The number of anilines is 1. The molecular formula is C11H13ClN4OS. The van der Waals surface area contributed by atoms with Crippen LogP contribution in [0.4, 0.5) is 5.95 Å². The van der Waals surface area contributed by atoms with E-state index in [1.54, 1.807) is 6.26 Å². The topological polar surface area (TPSA) is 63.8 Å². The van der Waals surface area contributed by atoms with E-state index in [2.05, 4.69) is 27.2 Å². The Bertz CT molecular complexity index is 532. The van der Waals surface area contributed by atoms with E-state index in [0.717, 1.165) is 23.6 Å². The predicted octanol–water partition coefficient (Wildman–Crippen LogP) is 3.40. The van der Waals surface area contributed by atoms with Crippen LogP contribution in [-0.4, -0.2) is 21.5 Å². The number of rotatable bonds is 5. The van der Waals surface area contributed by atoms with Gasteiger partial charge in [-0.25, -0.2) is 0 Å². The summed E-state index contributed by atoms with van der Waals surface area (Å²) in [5.41, 5.74) is 0. The maximum absolute atomic E-state index is 5.87. The first-order valence-electron chi connectivity index (χ1n) is 5.56. The average molecular weight is 285 g/mol. The second-order valence-electron chi connectivity index (χ2n) is 3.58. The third-order valence-electron chi connectivity index (χ3n) is 2.13. The van der Waals surface area contributed by atoms with Crippen LogP contribution in [0.2, 0.25) is 5.28 Å². The zero-order chi connectivity index (χ0) is 13.0. The summed E-state index contributed by atoms with van der Waals surface area (Å²) in [6.07, 6.45) is 2.63. The lowest BCUT2D eigenvalue weighted by atomic mass is 10.5. The summed E-state index contributed by atoms with van der Waals surface area (Å²) in [5.74, 6) is 1.33. The predicted molar refractivity (Wildman–Crippen MR) is 71.2 cm³/mol. The molecule has 0 saturated carbocycles. The molecule has 0 unspecified atom stereocenters. The summed E-state index contributed by atoms with van der Waals surface area (Å²) < 4.78 is 5.22. The lowest BCUT2D eigenvalue weighted by Crippen LogP contribution is -2.06. The van der Waals surface area contributed by atoms with Crippen molar-refractivity contribution in [2.24, 2.45) is 0 Å². The number of aryl methyl sites for hydroxylation is 1. The number of hydrogen-bond acceptors (Lipinski definition) is 6. The fourth-order valence-electron chi connectivity index (χ4n) is 1.27. The molecule has 0 fully saturated rings. The van der Waals surface area contributed by atoms with Crippen LogP contribution >= 0.6 is 23.4 Å². The van der Waals surface area contributed by atoms with Gasteiger partial charge in [0.1, 0.15) is 5.76 Å². The normalized spacial score (nSPS) is 10.6. The molecule has 0 spiro atoms. The van der Waals surface area contributed by atoms with Gasteiger partial charge in [0.05, 0.1) is 11.2 Å². The molecule has 2 aromatic heterocycles. The molecular weight excluding hydrogens is 272 g/mol. The number of furan rings is 1. The van der Waals surface area contributed by atoms with Crippen molar-refractivity contribution in [3.63, 3.8) is 0 Å². The Hall–Kier alpha value is -1.27. The molecule has 0 radical (unpaired) electrons. The molecule has 1 N–H and O–H groups in total. The molecule has 0 bridgehead atoms. The Kier molecular flexibility index (Phi) is 4.43. The third-order valence-corrected chi connectivity index (χ3v) is 3.31. The third kappa shape index (κ3) is 3.36. The fourth-order valence-corrected chi connectivity index (χ4v) is 2.26. The van der Waals surface area contributed by atoms with E-state index in [1.807, 2.05) is 13.0 Å². The molecule has 7 heteroatoms.